The quantitative estimate of drug-likeness (QED) is 0.618. The molecular formula is C24H31N3O4. The van der Waals surface area contributed by atoms with Crippen LogP contribution in [0.25, 0.3) is 0 Å². The van der Waals surface area contributed by atoms with Gasteiger partial charge in [-0.25, -0.2) is 0 Å². The molecule has 0 unspecified atom stereocenters. The molecule has 0 aliphatic carbocycles. The van der Waals surface area contributed by atoms with Gasteiger partial charge in [0.05, 0.1) is 31.8 Å². The summed E-state index contributed by atoms with van der Waals surface area (Å²) in [6.45, 7) is 5.00. The number of likely N-dealkylation sites (tertiary alicyclic amines) is 1. The first kappa shape index (κ1) is 21.6. The molecule has 7 heteroatoms. The highest BCUT2D eigenvalue weighted by Crippen LogP contribution is 2.15. The molecule has 4 rings (SSSR count). The fraction of sp³-hybridized carbons (Fsp3) is 0.500. The van der Waals surface area contributed by atoms with E-state index in [1.807, 2.05) is 34.1 Å². The van der Waals surface area contributed by atoms with Gasteiger partial charge in [0, 0.05) is 51.3 Å². The molecule has 166 valence electrons. The highest BCUT2D eigenvalue weighted by molar-refractivity contribution is 5.79. The average Bonchev–Trinajstić information content (AvgIpc) is 3.40. The van der Waals surface area contributed by atoms with E-state index in [9.17, 15) is 9.59 Å². The lowest BCUT2D eigenvalue weighted by molar-refractivity contribution is -0.132. The molecule has 1 aromatic heterocycles. The maximum absolute atomic E-state index is 13.0. The Morgan fingerprint density at radius 2 is 1.81 bits per heavy atom. The summed E-state index contributed by atoms with van der Waals surface area (Å²) in [5.74, 6) is 0.347. The largest absolute Gasteiger partial charge is 0.472 e. The molecule has 0 radical (unpaired) electrons. The third kappa shape index (κ3) is 6.18. The van der Waals surface area contributed by atoms with Crippen LogP contribution in [0, 0.1) is 0 Å². The zero-order valence-corrected chi connectivity index (χ0v) is 17.9. The minimum absolute atomic E-state index is 0.0769. The van der Waals surface area contributed by atoms with E-state index in [1.165, 1.54) is 0 Å². The van der Waals surface area contributed by atoms with Crippen molar-refractivity contribution in [3.8, 4) is 0 Å². The first-order valence-corrected chi connectivity index (χ1v) is 11.1. The summed E-state index contributed by atoms with van der Waals surface area (Å²) in [6, 6.07) is 12.0. The van der Waals surface area contributed by atoms with Gasteiger partial charge in [-0.1, -0.05) is 30.3 Å². The Balaban J connectivity index is 1.37. The van der Waals surface area contributed by atoms with Gasteiger partial charge in [0.1, 0.15) is 0 Å². The van der Waals surface area contributed by atoms with Crippen molar-refractivity contribution in [1.82, 2.24) is 14.7 Å². The van der Waals surface area contributed by atoms with E-state index < -0.39 is 0 Å². The molecule has 7 nitrogen and oxygen atoms in total. The molecule has 2 aromatic rings. The van der Waals surface area contributed by atoms with Crippen molar-refractivity contribution in [2.24, 2.45) is 0 Å². The molecule has 0 N–H and O–H groups in total. The van der Waals surface area contributed by atoms with Crippen molar-refractivity contribution in [1.29, 1.82) is 0 Å². The molecule has 0 saturated carbocycles. The predicted octanol–water partition coefficient (Wildman–Crippen LogP) is 2.52. The molecule has 0 spiro atoms. The van der Waals surface area contributed by atoms with Crippen molar-refractivity contribution in [3.05, 3.63) is 60.1 Å². The second kappa shape index (κ2) is 10.6. The third-order valence-electron chi connectivity index (χ3n) is 5.94. The Hall–Kier alpha value is -2.64. The summed E-state index contributed by atoms with van der Waals surface area (Å²) in [7, 11) is 0. The van der Waals surface area contributed by atoms with Gasteiger partial charge in [-0.15, -0.1) is 0 Å². The lowest BCUT2D eigenvalue weighted by Crippen LogP contribution is -2.39. The Morgan fingerprint density at radius 1 is 0.968 bits per heavy atom. The number of ether oxygens (including phenoxy) is 1. The Labute approximate surface area is 183 Å². The smallest absolute Gasteiger partial charge is 0.236 e. The van der Waals surface area contributed by atoms with Crippen LogP contribution in [0.4, 0.5) is 0 Å². The molecule has 2 fully saturated rings. The molecular weight excluding hydrogens is 394 g/mol. The molecule has 3 heterocycles. The Bertz CT molecular complexity index is 840. The molecule has 2 aliphatic rings. The van der Waals surface area contributed by atoms with Crippen LogP contribution in [0.1, 0.15) is 30.4 Å². The van der Waals surface area contributed by atoms with Crippen LogP contribution in [-0.4, -0.2) is 71.9 Å². The number of rotatable bonds is 9. The fourth-order valence-corrected chi connectivity index (χ4v) is 4.31. The third-order valence-corrected chi connectivity index (χ3v) is 5.94. The van der Waals surface area contributed by atoms with Crippen molar-refractivity contribution in [2.75, 3.05) is 39.3 Å². The van der Waals surface area contributed by atoms with Crippen LogP contribution in [0.15, 0.2) is 53.3 Å². The zero-order chi connectivity index (χ0) is 21.5. The van der Waals surface area contributed by atoms with E-state index in [1.54, 1.807) is 12.5 Å². The van der Waals surface area contributed by atoms with E-state index in [0.717, 1.165) is 37.1 Å². The summed E-state index contributed by atoms with van der Waals surface area (Å²) in [4.78, 5) is 30.8. The van der Waals surface area contributed by atoms with Crippen molar-refractivity contribution in [3.63, 3.8) is 0 Å². The van der Waals surface area contributed by atoms with Gasteiger partial charge < -0.3 is 19.0 Å². The second-order valence-electron chi connectivity index (χ2n) is 8.40. The van der Waals surface area contributed by atoms with Gasteiger partial charge in [-0.05, 0) is 24.5 Å². The lowest BCUT2D eigenvalue weighted by atomic mass is 10.2. The Kier molecular flexibility index (Phi) is 7.38. The Morgan fingerprint density at radius 3 is 2.55 bits per heavy atom. The van der Waals surface area contributed by atoms with Crippen LogP contribution < -0.4 is 0 Å². The zero-order valence-electron chi connectivity index (χ0n) is 17.9. The SMILES string of the molecule is O=C1CCCN1CCCN1C[C@H](OCc2ccccc2)CN(Cc2ccoc2)CC1=O. The number of hydrogen-bond donors (Lipinski definition) is 0. The van der Waals surface area contributed by atoms with Crippen LogP contribution in [0.3, 0.4) is 0 Å². The van der Waals surface area contributed by atoms with Crippen molar-refractivity contribution >= 4 is 11.8 Å². The van der Waals surface area contributed by atoms with Gasteiger partial charge in [0.15, 0.2) is 0 Å². The highest BCUT2D eigenvalue weighted by Gasteiger charge is 2.29. The fourth-order valence-electron chi connectivity index (χ4n) is 4.31. The molecule has 1 atom stereocenters. The summed E-state index contributed by atoms with van der Waals surface area (Å²) in [6.07, 6.45) is 5.70. The molecule has 2 amide bonds. The van der Waals surface area contributed by atoms with E-state index >= 15 is 0 Å². The summed E-state index contributed by atoms with van der Waals surface area (Å²) in [5, 5.41) is 0. The monoisotopic (exact) mass is 425 g/mol. The van der Waals surface area contributed by atoms with Gasteiger partial charge in [0.2, 0.25) is 11.8 Å². The molecule has 0 bridgehead atoms. The number of furan rings is 1. The van der Waals surface area contributed by atoms with Gasteiger partial charge in [0.25, 0.3) is 0 Å². The van der Waals surface area contributed by atoms with Crippen LogP contribution in [-0.2, 0) is 27.5 Å². The number of carbonyl (C=O) groups excluding carboxylic acids is 2. The number of benzene rings is 1. The topological polar surface area (TPSA) is 66.2 Å². The molecule has 2 saturated heterocycles. The van der Waals surface area contributed by atoms with E-state index in [2.05, 4.69) is 17.0 Å². The highest BCUT2D eigenvalue weighted by atomic mass is 16.5. The van der Waals surface area contributed by atoms with Gasteiger partial charge in [-0.2, -0.15) is 0 Å². The second-order valence-corrected chi connectivity index (χ2v) is 8.40. The predicted molar refractivity (Wildman–Crippen MR) is 116 cm³/mol. The maximum Gasteiger partial charge on any atom is 0.236 e. The number of amides is 2. The summed E-state index contributed by atoms with van der Waals surface area (Å²) < 4.78 is 11.4. The minimum atomic E-state index is -0.0769. The van der Waals surface area contributed by atoms with Crippen molar-refractivity contribution in [2.45, 2.75) is 38.5 Å². The number of nitrogens with zero attached hydrogens (tertiary/aromatic N) is 3. The molecule has 31 heavy (non-hydrogen) atoms. The van der Waals surface area contributed by atoms with Gasteiger partial charge in [-0.3, -0.25) is 14.5 Å². The first-order chi connectivity index (χ1) is 15.2. The molecule has 1 aromatic carbocycles. The van der Waals surface area contributed by atoms with Crippen LogP contribution in [0.5, 0.6) is 0 Å². The normalized spacial score (nSPS) is 20.5. The molecule has 2 aliphatic heterocycles. The minimum Gasteiger partial charge on any atom is -0.472 e. The standard InChI is InChI=1S/C24H31N3O4/c28-23-8-4-10-26(23)11-5-12-27-16-22(31-19-20-6-2-1-3-7-20)15-25(17-24(27)29)14-21-9-13-30-18-21/h1-3,6-7,9,13,18,22H,4-5,8,10-12,14-17,19H2/t22-/m1/s1. The number of hydrogen-bond acceptors (Lipinski definition) is 5. The maximum atomic E-state index is 13.0. The summed E-state index contributed by atoms with van der Waals surface area (Å²) >= 11 is 0. The van der Waals surface area contributed by atoms with E-state index in [0.29, 0.717) is 45.8 Å². The van der Waals surface area contributed by atoms with Crippen molar-refractivity contribution < 1.29 is 18.7 Å². The average molecular weight is 426 g/mol. The van der Waals surface area contributed by atoms with E-state index in [-0.39, 0.29) is 17.9 Å². The van der Waals surface area contributed by atoms with Crippen LogP contribution in [0.2, 0.25) is 0 Å². The number of carbonyl (C=O) groups is 2. The van der Waals surface area contributed by atoms with Crippen LogP contribution >= 0.6 is 0 Å². The summed E-state index contributed by atoms with van der Waals surface area (Å²) in [5.41, 5.74) is 2.18. The van der Waals surface area contributed by atoms with E-state index in [4.69, 9.17) is 9.15 Å². The van der Waals surface area contributed by atoms with Gasteiger partial charge >= 0.3 is 0 Å². The first-order valence-electron chi connectivity index (χ1n) is 11.1. The lowest BCUT2D eigenvalue weighted by Gasteiger charge is -2.25.